The lowest BCUT2D eigenvalue weighted by molar-refractivity contribution is -0.0992. The molecule has 1 aliphatic heterocycles. The number of carbonyl (C=O) groups excluding carboxylic acids is 1. The van der Waals surface area contributed by atoms with E-state index in [4.69, 9.17) is 4.74 Å². The van der Waals surface area contributed by atoms with Gasteiger partial charge in [0.15, 0.2) is 0 Å². The zero-order valence-corrected chi connectivity index (χ0v) is 16.0. The summed E-state index contributed by atoms with van der Waals surface area (Å²) in [5.74, 6) is 2.66. The van der Waals surface area contributed by atoms with E-state index < -0.39 is 0 Å². The third kappa shape index (κ3) is 3.03. The Hall–Kier alpha value is -0.870. The average molecular weight is 392 g/mol. The molecule has 24 heavy (non-hydrogen) atoms. The van der Waals surface area contributed by atoms with Gasteiger partial charge < -0.3 is 9.64 Å². The molecular formula is C20H26BrNO2. The van der Waals surface area contributed by atoms with Crippen LogP contribution in [0.3, 0.4) is 0 Å². The monoisotopic (exact) mass is 391 g/mol. The first kappa shape index (κ1) is 16.6. The predicted molar refractivity (Wildman–Crippen MR) is 97.9 cm³/mol. The number of halogens is 1. The van der Waals surface area contributed by atoms with Crippen molar-refractivity contribution < 1.29 is 9.53 Å². The van der Waals surface area contributed by atoms with Gasteiger partial charge in [0, 0.05) is 23.0 Å². The van der Waals surface area contributed by atoms with Crippen molar-refractivity contribution in [3.8, 4) is 0 Å². The van der Waals surface area contributed by atoms with Gasteiger partial charge in [0.1, 0.15) is 6.10 Å². The molecule has 2 saturated carbocycles. The maximum Gasteiger partial charge on any atom is 0.338 e. The van der Waals surface area contributed by atoms with Gasteiger partial charge in [-0.15, -0.1) is 0 Å². The van der Waals surface area contributed by atoms with Crippen molar-refractivity contribution in [3.05, 3.63) is 34.3 Å². The van der Waals surface area contributed by atoms with E-state index in [2.05, 4.69) is 34.8 Å². The lowest BCUT2D eigenvalue weighted by atomic mass is 9.59. The topological polar surface area (TPSA) is 29.5 Å². The number of benzene rings is 1. The molecule has 3 fully saturated rings. The van der Waals surface area contributed by atoms with E-state index in [1.54, 1.807) is 0 Å². The van der Waals surface area contributed by atoms with Crippen molar-refractivity contribution in [2.75, 3.05) is 13.6 Å². The first-order chi connectivity index (χ1) is 11.5. The summed E-state index contributed by atoms with van der Waals surface area (Å²) in [5.41, 5.74) is 0.652. The largest absolute Gasteiger partial charge is 0.458 e. The number of piperidine rings is 1. The smallest absolute Gasteiger partial charge is 0.338 e. The highest BCUT2D eigenvalue weighted by Gasteiger charge is 2.49. The summed E-state index contributed by atoms with van der Waals surface area (Å²) in [6.45, 7) is 3.45. The standard InChI is InChI=1S/C20H26BrNO2/c1-12-7-14-10-19(15-9-17(14)18(8-12)22(2)11-15)24-20(23)13-3-5-16(21)6-4-13/h3-6,12,14-15,17-19H,7-11H2,1-2H3. The molecule has 0 N–H and O–H groups in total. The predicted octanol–water partition coefficient (Wildman–Crippen LogP) is 4.36. The second-order valence-electron chi connectivity index (χ2n) is 8.19. The van der Waals surface area contributed by atoms with Gasteiger partial charge in [-0.25, -0.2) is 4.79 Å². The molecule has 130 valence electrons. The number of likely N-dealkylation sites (tertiary alicyclic amines) is 1. The van der Waals surface area contributed by atoms with Gasteiger partial charge in [-0.3, -0.25) is 0 Å². The first-order valence-electron chi connectivity index (χ1n) is 9.18. The molecule has 2 aliphatic carbocycles. The Morgan fingerprint density at radius 1 is 1.12 bits per heavy atom. The summed E-state index contributed by atoms with van der Waals surface area (Å²) >= 11 is 3.41. The molecule has 4 heteroatoms. The second kappa shape index (κ2) is 6.45. The number of carbonyl (C=O) groups is 1. The third-order valence-corrected chi connectivity index (χ3v) is 7.04. The molecular weight excluding hydrogens is 366 g/mol. The molecule has 0 amide bonds. The molecule has 0 radical (unpaired) electrons. The van der Waals surface area contributed by atoms with Crippen LogP contribution in [-0.4, -0.2) is 36.6 Å². The molecule has 1 aromatic rings. The highest BCUT2D eigenvalue weighted by molar-refractivity contribution is 9.10. The highest BCUT2D eigenvalue weighted by Crippen LogP contribution is 2.50. The molecule has 2 bridgehead atoms. The minimum absolute atomic E-state index is 0.0797. The third-order valence-electron chi connectivity index (χ3n) is 6.51. The summed E-state index contributed by atoms with van der Waals surface area (Å²) in [6.07, 6.45) is 5.02. The van der Waals surface area contributed by atoms with Crippen molar-refractivity contribution in [1.82, 2.24) is 4.90 Å². The fraction of sp³-hybridized carbons (Fsp3) is 0.650. The Morgan fingerprint density at radius 3 is 2.62 bits per heavy atom. The Labute approximate surface area is 152 Å². The number of fused-ring (bicyclic) bond motifs is 1. The van der Waals surface area contributed by atoms with E-state index in [1.165, 1.54) is 19.3 Å². The summed E-state index contributed by atoms with van der Waals surface area (Å²) in [6, 6.07) is 8.22. The highest BCUT2D eigenvalue weighted by atomic mass is 79.9. The lowest BCUT2D eigenvalue weighted by Crippen LogP contribution is -2.58. The van der Waals surface area contributed by atoms with Crippen molar-refractivity contribution in [1.29, 1.82) is 0 Å². The summed E-state index contributed by atoms with van der Waals surface area (Å²) in [4.78, 5) is 15.1. The van der Waals surface area contributed by atoms with Gasteiger partial charge in [0.2, 0.25) is 0 Å². The number of esters is 1. The van der Waals surface area contributed by atoms with Gasteiger partial charge >= 0.3 is 5.97 Å². The fourth-order valence-electron chi connectivity index (χ4n) is 5.44. The Morgan fingerprint density at radius 2 is 1.88 bits per heavy atom. The molecule has 0 spiro atoms. The number of hydrogen-bond donors (Lipinski definition) is 0. The van der Waals surface area contributed by atoms with Crippen LogP contribution in [0, 0.1) is 23.7 Å². The van der Waals surface area contributed by atoms with E-state index in [1.807, 2.05) is 24.3 Å². The van der Waals surface area contributed by atoms with Crippen LogP contribution in [0.4, 0.5) is 0 Å². The summed E-state index contributed by atoms with van der Waals surface area (Å²) in [7, 11) is 2.26. The fourth-order valence-corrected chi connectivity index (χ4v) is 5.71. The lowest BCUT2D eigenvalue weighted by Gasteiger charge is -2.55. The van der Waals surface area contributed by atoms with Crippen molar-refractivity contribution in [2.24, 2.45) is 23.7 Å². The quantitative estimate of drug-likeness (QED) is 0.701. The molecule has 1 saturated heterocycles. The minimum atomic E-state index is -0.167. The Kier molecular flexibility index (Phi) is 4.46. The number of rotatable bonds is 2. The van der Waals surface area contributed by atoms with Gasteiger partial charge in [0.25, 0.3) is 0 Å². The van der Waals surface area contributed by atoms with E-state index in [0.29, 0.717) is 11.5 Å². The van der Waals surface area contributed by atoms with Gasteiger partial charge in [-0.05, 0) is 74.8 Å². The van der Waals surface area contributed by atoms with Crippen molar-refractivity contribution >= 4 is 21.9 Å². The Bertz CT molecular complexity index is 617. The van der Waals surface area contributed by atoms with Crippen LogP contribution in [-0.2, 0) is 4.74 Å². The Balaban J connectivity index is 1.50. The van der Waals surface area contributed by atoms with E-state index in [9.17, 15) is 4.79 Å². The van der Waals surface area contributed by atoms with E-state index >= 15 is 0 Å². The molecule has 1 heterocycles. The van der Waals surface area contributed by atoms with Gasteiger partial charge in [-0.1, -0.05) is 22.9 Å². The van der Waals surface area contributed by atoms with Crippen molar-refractivity contribution in [2.45, 2.75) is 44.8 Å². The van der Waals surface area contributed by atoms with Crippen LogP contribution >= 0.6 is 15.9 Å². The van der Waals surface area contributed by atoms with Crippen LogP contribution < -0.4 is 0 Å². The van der Waals surface area contributed by atoms with Crippen LogP contribution in [0.2, 0.25) is 0 Å². The molecule has 3 nitrogen and oxygen atoms in total. The molecule has 1 aromatic carbocycles. The van der Waals surface area contributed by atoms with Crippen LogP contribution in [0.15, 0.2) is 28.7 Å². The average Bonchev–Trinajstić information content (AvgIpc) is 2.55. The number of ether oxygens (including phenoxy) is 1. The summed E-state index contributed by atoms with van der Waals surface area (Å²) in [5, 5.41) is 0. The maximum absolute atomic E-state index is 12.6. The van der Waals surface area contributed by atoms with Gasteiger partial charge in [-0.2, -0.15) is 0 Å². The van der Waals surface area contributed by atoms with Crippen LogP contribution in [0.5, 0.6) is 0 Å². The number of nitrogens with zero attached hydrogens (tertiary/aromatic N) is 1. The molecule has 0 aromatic heterocycles. The molecule has 6 atom stereocenters. The first-order valence-corrected chi connectivity index (χ1v) is 9.97. The SMILES string of the molecule is CC1CC2CC(OC(=O)c3ccc(Br)cc3)C3CC2C(C1)N(C)C3. The summed E-state index contributed by atoms with van der Waals surface area (Å²) < 4.78 is 6.98. The van der Waals surface area contributed by atoms with Crippen LogP contribution in [0.25, 0.3) is 0 Å². The van der Waals surface area contributed by atoms with E-state index in [-0.39, 0.29) is 12.1 Å². The molecule has 3 aliphatic rings. The van der Waals surface area contributed by atoms with Gasteiger partial charge in [0.05, 0.1) is 5.56 Å². The minimum Gasteiger partial charge on any atom is -0.458 e. The van der Waals surface area contributed by atoms with E-state index in [0.717, 1.165) is 41.2 Å². The zero-order chi connectivity index (χ0) is 16.8. The van der Waals surface area contributed by atoms with Crippen LogP contribution in [0.1, 0.15) is 43.0 Å². The van der Waals surface area contributed by atoms with Crippen molar-refractivity contribution in [3.63, 3.8) is 0 Å². The zero-order valence-electron chi connectivity index (χ0n) is 14.5. The normalized spacial score (nSPS) is 38.6. The number of hydrogen-bond acceptors (Lipinski definition) is 3. The molecule has 4 rings (SSSR count). The second-order valence-corrected chi connectivity index (χ2v) is 9.11. The molecule has 6 unspecified atom stereocenters. The maximum atomic E-state index is 12.6.